The Morgan fingerprint density at radius 3 is 2.51 bits per heavy atom. The Bertz CT molecular complexity index is 1210. The summed E-state index contributed by atoms with van der Waals surface area (Å²) in [7, 11) is 0. The lowest BCUT2D eigenvalue weighted by Gasteiger charge is -2.30. The van der Waals surface area contributed by atoms with Crippen molar-refractivity contribution in [3.05, 3.63) is 36.0 Å². The Labute approximate surface area is 226 Å². The quantitative estimate of drug-likeness (QED) is 0.210. The van der Waals surface area contributed by atoms with Crippen LogP contribution in [0, 0.1) is 5.92 Å². The van der Waals surface area contributed by atoms with Gasteiger partial charge in [0.1, 0.15) is 18.1 Å². The van der Waals surface area contributed by atoms with E-state index in [9.17, 15) is 29.1 Å². The minimum atomic E-state index is -1.15. The number of benzene rings is 1. The summed E-state index contributed by atoms with van der Waals surface area (Å²) >= 11 is 0. The van der Waals surface area contributed by atoms with Crippen molar-refractivity contribution in [2.45, 2.75) is 76.5 Å². The van der Waals surface area contributed by atoms with Crippen LogP contribution in [-0.4, -0.2) is 75.3 Å². The number of nitrogens with zero attached hydrogens (tertiary/aromatic N) is 1. The maximum absolute atomic E-state index is 13.5. The molecular weight excluding hydrogens is 504 g/mol. The number of primary amides is 1. The van der Waals surface area contributed by atoms with Gasteiger partial charge in [-0.25, -0.2) is 4.79 Å². The van der Waals surface area contributed by atoms with Gasteiger partial charge in [0, 0.05) is 30.1 Å². The number of carboxylic acid groups (broad SMARTS) is 1. The van der Waals surface area contributed by atoms with Crippen LogP contribution < -0.4 is 22.1 Å². The molecule has 0 saturated carbocycles. The van der Waals surface area contributed by atoms with Crippen molar-refractivity contribution >= 4 is 40.5 Å². The van der Waals surface area contributed by atoms with E-state index in [0.29, 0.717) is 12.8 Å². The Hall–Kier alpha value is -3.93. The number of fused-ring (bicyclic) bond motifs is 1. The highest BCUT2D eigenvalue weighted by molar-refractivity contribution is 5.95. The van der Waals surface area contributed by atoms with Crippen molar-refractivity contribution in [3.8, 4) is 0 Å². The first-order chi connectivity index (χ1) is 18.5. The van der Waals surface area contributed by atoms with Gasteiger partial charge in [-0.1, -0.05) is 32.0 Å². The maximum Gasteiger partial charge on any atom is 0.326 e. The van der Waals surface area contributed by atoms with E-state index in [1.54, 1.807) is 6.20 Å². The molecular formula is C27H38N6O6. The molecule has 8 N–H and O–H groups in total. The molecule has 4 unspecified atom stereocenters. The molecule has 4 atom stereocenters. The number of aromatic amines is 1. The second-order valence-corrected chi connectivity index (χ2v) is 10.5. The number of carbonyl (C=O) groups is 5. The molecule has 1 aliphatic rings. The number of H-pyrrole nitrogens is 1. The molecule has 0 bridgehead atoms. The SMILES string of the molecule is CC(C)CC(NC(=O)C1CCCN1C(=O)C(CCC(N)=O)NC(=O)C(N)Cc1c[nH]c2ccccc12)C(=O)O. The van der Waals surface area contributed by atoms with E-state index in [0.717, 1.165) is 16.5 Å². The number of nitrogens with two attached hydrogens (primary N) is 2. The molecule has 0 radical (unpaired) electrons. The summed E-state index contributed by atoms with van der Waals surface area (Å²) in [6, 6.07) is 3.53. The van der Waals surface area contributed by atoms with E-state index in [1.165, 1.54) is 4.90 Å². The highest BCUT2D eigenvalue weighted by atomic mass is 16.4. The third-order valence-electron chi connectivity index (χ3n) is 6.91. The number of carbonyl (C=O) groups excluding carboxylic acids is 4. The molecule has 0 aliphatic carbocycles. The third kappa shape index (κ3) is 7.79. The van der Waals surface area contributed by atoms with Crippen molar-refractivity contribution in [3.63, 3.8) is 0 Å². The first-order valence-corrected chi connectivity index (χ1v) is 13.2. The van der Waals surface area contributed by atoms with Crippen molar-refractivity contribution in [1.82, 2.24) is 20.5 Å². The van der Waals surface area contributed by atoms with Gasteiger partial charge in [0.25, 0.3) is 0 Å². The van der Waals surface area contributed by atoms with E-state index in [2.05, 4.69) is 15.6 Å². The average molecular weight is 543 g/mol. The summed E-state index contributed by atoms with van der Waals surface area (Å²) in [5, 5.41) is 15.6. The topological polar surface area (TPSA) is 201 Å². The Balaban J connectivity index is 1.71. The summed E-state index contributed by atoms with van der Waals surface area (Å²) in [5.74, 6) is -3.44. The van der Waals surface area contributed by atoms with Crippen molar-refractivity contribution < 1.29 is 29.1 Å². The lowest BCUT2D eigenvalue weighted by atomic mass is 10.0. The predicted molar refractivity (Wildman–Crippen MR) is 144 cm³/mol. The highest BCUT2D eigenvalue weighted by Gasteiger charge is 2.39. The molecule has 4 amide bonds. The van der Waals surface area contributed by atoms with Gasteiger partial charge in [-0.3, -0.25) is 19.2 Å². The lowest BCUT2D eigenvalue weighted by Crippen LogP contribution is -2.57. The fourth-order valence-corrected chi connectivity index (χ4v) is 4.92. The van der Waals surface area contributed by atoms with Gasteiger partial charge in [0.15, 0.2) is 0 Å². The van der Waals surface area contributed by atoms with Crippen molar-refractivity contribution in [2.75, 3.05) is 6.54 Å². The summed E-state index contributed by atoms with van der Waals surface area (Å²) < 4.78 is 0. The smallest absolute Gasteiger partial charge is 0.326 e. The second-order valence-electron chi connectivity index (χ2n) is 10.5. The van der Waals surface area contributed by atoms with Gasteiger partial charge in [-0.2, -0.15) is 0 Å². The molecule has 1 aliphatic heterocycles. The van der Waals surface area contributed by atoms with E-state index in [4.69, 9.17) is 11.5 Å². The number of amides is 4. The Kier molecular flexibility index (Phi) is 10.0. The fourth-order valence-electron chi connectivity index (χ4n) is 4.92. The number of hydrogen-bond donors (Lipinski definition) is 6. The number of aromatic nitrogens is 1. The predicted octanol–water partition coefficient (Wildman–Crippen LogP) is 0.395. The first kappa shape index (κ1) is 29.6. The molecule has 1 aromatic heterocycles. The van der Waals surface area contributed by atoms with Crippen LogP contribution in [0.3, 0.4) is 0 Å². The fraction of sp³-hybridized carbons (Fsp3) is 0.519. The molecule has 12 nitrogen and oxygen atoms in total. The first-order valence-electron chi connectivity index (χ1n) is 13.2. The van der Waals surface area contributed by atoms with Gasteiger partial charge >= 0.3 is 5.97 Å². The zero-order chi connectivity index (χ0) is 28.7. The number of para-hydroxylation sites is 1. The summed E-state index contributed by atoms with van der Waals surface area (Å²) in [4.78, 5) is 67.2. The maximum atomic E-state index is 13.5. The van der Waals surface area contributed by atoms with Crippen LogP contribution >= 0.6 is 0 Å². The standard InChI is InChI=1S/C27H38N6O6/c1-15(2)12-21(27(38)39)32-25(36)22-8-5-11-33(22)26(37)20(9-10-23(29)34)31-24(35)18(28)13-16-14-30-19-7-4-3-6-17(16)19/h3-4,6-7,14-15,18,20-22,30H,5,8-13,28H2,1-2H3,(H2,29,34)(H,31,35)(H,32,36)(H,38,39). The molecule has 2 heterocycles. The average Bonchev–Trinajstić information content (AvgIpc) is 3.53. The van der Waals surface area contributed by atoms with Gasteiger partial charge < -0.3 is 37.1 Å². The number of aliphatic carboxylic acids is 1. The van der Waals surface area contributed by atoms with E-state index >= 15 is 0 Å². The summed E-state index contributed by atoms with van der Waals surface area (Å²) in [6.45, 7) is 3.95. The lowest BCUT2D eigenvalue weighted by molar-refractivity contribution is -0.145. The van der Waals surface area contributed by atoms with Crippen LogP contribution in [0.5, 0.6) is 0 Å². The highest BCUT2D eigenvalue weighted by Crippen LogP contribution is 2.21. The van der Waals surface area contributed by atoms with Gasteiger partial charge in [0.2, 0.25) is 23.6 Å². The van der Waals surface area contributed by atoms with Crippen LogP contribution in [0.2, 0.25) is 0 Å². The van der Waals surface area contributed by atoms with E-state index in [1.807, 2.05) is 38.1 Å². The molecule has 1 fully saturated rings. The zero-order valence-corrected chi connectivity index (χ0v) is 22.3. The van der Waals surface area contributed by atoms with Crippen molar-refractivity contribution in [2.24, 2.45) is 17.4 Å². The molecule has 12 heteroatoms. The van der Waals surface area contributed by atoms with E-state index in [-0.39, 0.29) is 38.1 Å². The number of likely N-dealkylation sites (tertiary alicyclic amines) is 1. The molecule has 0 spiro atoms. The summed E-state index contributed by atoms with van der Waals surface area (Å²) in [6.07, 6.45) is 2.90. The normalized spacial score (nSPS) is 17.5. The largest absolute Gasteiger partial charge is 0.480 e. The van der Waals surface area contributed by atoms with Crippen LogP contribution in [0.15, 0.2) is 30.5 Å². The van der Waals surface area contributed by atoms with E-state index < -0.39 is 53.8 Å². The molecule has 39 heavy (non-hydrogen) atoms. The van der Waals surface area contributed by atoms with Crippen LogP contribution in [0.4, 0.5) is 0 Å². The zero-order valence-electron chi connectivity index (χ0n) is 22.3. The van der Waals surface area contributed by atoms with Gasteiger partial charge in [-0.15, -0.1) is 0 Å². The second kappa shape index (κ2) is 13.2. The summed E-state index contributed by atoms with van der Waals surface area (Å²) in [5.41, 5.74) is 13.3. The monoisotopic (exact) mass is 542 g/mol. The van der Waals surface area contributed by atoms with Crippen LogP contribution in [0.25, 0.3) is 10.9 Å². The molecule has 212 valence electrons. The third-order valence-corrected chi connectivity index (χ3v) is 6.91. The van der Waals surface area contributed by atoms with Crippen LogP contribution in [0.1, 0.15) is 51.5 Å². The minimum absolute atomic E-state index is 0.0366. The number of carboxylic acids is 1. The molecule has 1 aromatic carbocycles. The minimum Gasteiger partial charge on any atom is -0.480 e. The van der Waals surface area contributed by atoms with Crippen molar-refractivity contribution in [1.29, 1.82) is 0 Å². The number of nitrogens with one attached hydrogen (secondary N) is 3. The molecule has 1 saturated heterocycles. The number of rotatable bonds is 13. The van der Waals surface area contributed by atoms with Gasteiger partial charge in [-0.05, 0) is 49.7 Å². The Morgan fingerprint density at radius 1 is 1.13 bits per heavy atom. The number of hydrogen-bond acceptors (Lipinski definition) is 6. The Morgan fingerprint density at radius 2 is 1.85 bits per heavy atom. The molecule has 3 rings (SSSR count). The van der Waals surface area contributed by atoms with Gasteiger partial charge in [0.05, 0.1) is 6.04 Å². The molecule has 2 aromatic rings. The van der Waals surface area contributed by atoms with Crippen LogP contribution in [-0.2, 0) is 30.4 Å².